The zero-order chi connectivity index (χ0) is 15.4. The number of carbonyl (C=O) groups excluding carboxylic acids is 1. The molecule has 3 aromatic rings. The summed E-state index contributed by atoms with van der Waals surface area (Å²) in [7, 11) is 0. The normalized spacial score (nSPS) is 12.0. The number of nitrogens with one attached hydrogen (secondary N) is 1. The summed E-state index contributed by atoms with van der Waals surface area (Å²) >= 11 is 0. The lowest BCUT2D eigenvalue weighted by molar-refractivity contribution is 0.0936. The average Bonchev–Trinajstić information content (AvgIpc) is 3.20. The summed E-state index contributed by atoms with van der Waals surface area (Å²) in [4.78, 5) is 20.1. The van der Waals surface area contributed by atoms with Crippen LogP contribution in [0.25, 0.3) is 5.69 Å². The lowest BCUT2D eigenvalue weighted by atomic mass is 10.2. The molecule has 7 nitrogen and oxygen atoms in total. The second-order valence-electron chi connectivity index (χ2n) is 5.02. The number of rotatable bonds is 5. The highest BCUT2D eigenvalue weighted by molar-refractivity contribution is 5.94. The number of nitrogens with zero attached hydrogens (tertiary/aromatic N) is 5. The highest BCUT2D eigenvalue weighted by atomic mass is 16.1. The van der Waals surface area contributed by atoms with Gasteiger partial charge in [-0.3, -0.25) is 4.79 Å². The Bertz CT molecular complexity index is 718. The number of hydrogen-bond donors (Lipinski definition) is 1. The van der Waals surface area contributed by atoms with Crippen LogP contribution >= 0.6 is 0 Å². The van der Waals surface area contributed by atoms with E-state index in [1.165, 1.54) is 6.33 Å². The van der Waals surface area contributed by atoms with E-state index in [1.54, 1.807) is 35.7 Å². The summed E-state index contributed by atoms with van der Waals surface area (Å²) in [5.74, 6) is -0.0993. The SMILES string of the molecule is CC(Cn1ccnc1)NC(=O)c1ccc(-n2cncn2)cc1. The fourth-order valence-corrected chi connectivity index (χ4v) is 2.17. The molecule has 3 rings (SSSR count). The molecule has 0 spiro atoms. The van der Waals surface area contributed by atoms with Gasteiger partial charge in [-0.1, -0.05) is 0 Å². The van der Waals surface area contributed by atoms with Crippen LogP contribution in [0.15, 0.2) is 55.6 Å². The molecule has 112 valence electrons. The Morgan fingerprint density at radius 3 is 2.68 bits per heavy atom. The maximum atomic E-state index is 12.2. The van der Waals surface area contributed by atoms with Gasteiger partial charge in [0.1, 0.15) is 12.7 Å². The van der Waals surface area contributed by atoms with Gasteiger partial charge in [-0.15, -0.1) is 0 Å². The molecule has 1 N–H and O–H groups in total. The van der Waals surface area contributed by atoms with Gasteiger partial charge in [0.15, 0.2) is 0 Å². The number of hydrogen-bond acceptors (Lipinski definition) is 4. The summed E-state index contributed by atoms with van der Waals surface area (Å²) in [6.07, 6.45) is 8.41. The van der Waals surface area contributed by atoms with E-state index in [0.29, 0.717) is 12.1 Å². The fraction of sp³-hybridized carbons (Fsp3) is 0.200. The maximum absolute atomic E-state index is 12.2. The third kappa shape index (κ3) is 3.20. The summed E-state index contributed by atoms with van der Waals surface area (Å²) in [6, 6.07) is 7.23. The molecule has 1 unspecified atom stereocenters. The molecule has 0 saturated heterocycles. The van der Waals surface area contributed by atoms with Crippen LogP contribution in [-0.4, -0.2) is 36.3 Å². The molecule has 2 heterocycles. The van der Waals surface area contributed by atoms with Crippen LogP contribution < -0.4 is 5.32 Å². The van der Waals surface area contributed by atoms with Crippen molar-refractivity contribution in [1.82, 2.24) is 29.6 Å². The third-order valence-electron chi connectivity index (χ3n) is 3.23. The average molecular weight is 296 g/mol. The third-order valence-corrected chi connectivity index (χ3v) is 3.23. The minimum absolute atomic E-state index is 0.0108. The van der Waals surface area contributed by atoms with Crippen LogP contribution in [0.3, 0.4) is 0 Å². The van der Waals surface area contributed by atoms with Gasteiger partial charge in [0, 0.05) is 30.5 Å². The van der Waals surface area contributed by atoms with Gasteiger partial charge >= 0.3 is 0 Å². The molecule has 0 aliphatic rings. The summed E-state index contributed by atoms with van der Waals surface area (Å²) in [6.45, 7) is 2.64. The fourth-order valence-electron chi connectivity index (χ4n) is 2.17. The lowest BCUT2D eigenvalue weighted by Gasteiger charge is -2.14. The second kappa shape index (κ2) is 6.21. The van der Waals surface area contributed by atoms with Crippen LogP contribution in [0.4, 0.5) is 0 Å². The molecule has 0 aliphatic heterocycles. The van der Waals surface area contributed by atoms with Gasteiger partial charge in [0.2, 0.25) is 0 Å². The molecule has 22 heavy (non-hydrogen) atoms. The molecule has 0 radical (unpaired) electrons. The zero-order valence-electron chi connectivity index (χ0n) is 12.1. The van der Waals surface area contributed by atoms with Gasteiger partial charge in [-0.05, 0) is 31.2 Å². The molecule has 1 aromatic carbocycles. The van der Waals surface area contributed by atoms with Crippen LogP contribution in [0.5, 0.6) is 0 Å². The van der Waals surface area contributed by atoms with Crippen LogP contribution in [0.1, 0.15) is 17.3 Å². The number of carbonyl (C=O) groups is 1. The van der Waals surface area contributed by atoms with E-state index >= 15 is 0 Å². The zero-order valence-corrected chi connectivity index (χ0v) is 12.1. The maximum Gasteiger partial charge on any atom is 0.251 e. The van der Waals surface area contributed by atoms with Crippen molar-refractivity contribution in [3.05, 3.63) is 61.2 Å². The molecule has 0 bridgehead atoms. The highest BCUT2D eigenvalue weighted by Gasteiger charge is 2.10. The van der Waals surface area contributed by atoms with Gasteiger partial charge in [-0.25, -0.2) is 14.6 Å². The standard InChI is InChI=1S/C15H16N6O/c1-12(8-20-7-6-16-10-20)19-15(22)13-2-4-14(5-3-13)21-11-17-9-18-21/h2-7,9-12H,8H2,1H3,(H,19,22). The van der Waals surface area contributed by atoms with E-state index in [-0.39, 0.29) is 11.9 Å². The smallest absolute Gasteiger partial charge is 0.251 e. The largest absolute Gasteiger partial charge is 0.348 e. The minimum Gasteiger partial charge on any atom is -0.348 e. The van der Waals surface area contributed by atoms with Crippen molar-refractivity contribution in [1.29, 1.82) is 0 Å². The van der Waals surface area contributed by atoms with Gasteiger partial charge in [-0.2, -0.15) is 5.10 Å². The Balaban J connectivity index is 1.62. The van der Waals surface area contributed by atoms with E-state index in [0.717, 1.165) is 5.69 Å². The van der Waals surface area contributed by atoms with Crippen molar-refractivity contribution in [3.63, 3.8) is 0 Å². The van der Waals surface area contributed by atoms with Gasteiger partial charge in [0.25, 0.3) is 5.91 Å². The van der Waals surface area contributed by atoms with E-state index in [9.17, 15) is 4.79 Å². The predicted molar refractivity (Wildman–Crippen MR) is 80.5 cm³/mol. The minimum atomic E-state index is -0.0993. The summed E-state index contributed by atoms with van der Waals surface area (Å²) < 4.78 is 3.57. The van der Waals surface area contributed by atoms with Crippen molar-refractivity contribution in [2.24, 2.45) is 0 Å². The second-order valence-corrected chi connectivity index (χ2v) is 5.02. The number of imidazole rings is 1. The van der Waals surface area contributed by atoms with Crippen molar-refractivity contribution in [3.8, 4) is 5.69 Å². The topological polar surface area (TPSA) is 77.6 Å². The summed E-state index contributed by atoms with van der Waals surface area (Å²) in [5, 5.41) is 7.01. The number of aromatic nitrogens is 5. The van der Waals surface area contributed by atoms with Crippen molar-refractivity contribution < 1.29 is 4.79 Å². The van der Waals surface area contributed by atoms with Gasteiger partial charge < -0.3 is 9.88 Å². The van der Waals surface area contributed by atoms with E-state index in [2.05, 4.69) is 20.4 Å². The molecule has 2 aromatic heterocycles. The lowest BCUT2D eigenvalue weighted by Crippen LogP contribution is -2.35. The Hall–Kier alpha value is -2.96. The molecule has 1 atom stereocenters. The van der Waals surface area contributed by atoms with Crippen molar-refractivity contribution in [2.45, 2.75) is 19.5 Å². The Morgan fingerprint density at radius 1 is 1.23 bits per heavy atom. The molecule has 0 saturated carbocycles. The Morgan fingerprint density at radius 2 is 2.05 bits per heavy atom. The Labute approximate surface area is 127 Å². The van der Waals surface area contributed by atoms with E-state index in [1.807, 2.05) is 29.8 Å². The Kier molecular flexibility index (Phi) is 3.95. The number of amides is 1. The predicted octanol–water partition coefficient (Wildman–Crippen LogP) is 1.28. The molecule has 0 aliphatic carbocycles. The molecule has 1 amide bonds. The summed E-state index contributed by atoms with van der Waals surface area (Å²) in [5.41, 5.74) is 1.47. The van der Waals surface area contributed by atoms with Crippen molar-refractivity contribution in [2.75, 3.05) is 0 Å². The van der Waals surface area contributed by atoms with Crippen molar-refractivity contribution >= 4 is 5.91 Å². The first-order valence-corrected chi connectivity index (χ1v) is 6.94. The van der Waals surface area contributed by atoms with Crippen LogP contribution in [0.2, 0.25) is 0 Å². The molecular weight excluding hydrogens is 280 g/mol. The quantitative estimate of drug-likeness (QED) is 0.769. The van der Waals surface area contributed by atoms with E-state index in [4.69, 9.17) is 0 Å². The van der Waals surface area contributed by atoms with Gasteiger partial charge in [0.05, 0.1) is 12.0 Å². The first-order chi connectivity index (χ1) is 10.7. The molecular formula is C15H16N6O. The first kappa shape index (κ1) is 14.0. The first-order valence-electron chi connectivity index (χ1n) is 6.94. The molecule has 7 heteroatoms. The van der Waals surface area contributed by atoms with Crippen LogP contribution in [0, 0.1) is 0 Å². The number of benzene rings is 1. The molecule has 0 fully saturated rings. The highest BCUT2D eigenvalue weighted by Crippen LogP contribution is 2.08. The van der Waals surface area contributed by atoms with Crippen LogP contribution in [-0.2, 0) is 6.54 Å². The monoisotopic (exact) mass is 296 g/mol. The van der Waals surface area contributed by atoms with E-state index < -0.39 is 0 Å².